The highest BCUT2D eigenvalue weighted by molar-refractivity contribution is 5.72. The van der Waals surface area contributed by atoms with E-state index in [2.05, 4.69) is 39.9 Å². The normalized spacial score (nSPS) is 11.4. The number of nitrogen functional groups attached to an aromatic ring is 1. The molecular formula is C17H30N2O. The monoisotopic (exact) mass is 278 g/mol. The molecule has 0 atom stereocenters. The molecule has 0 bridgehead atoms. The molecule has 1 aromatic rings. The van der Waals surface area contributed by atoms with Gasteiger partial charge in [-0.25, -0.2) is 0 Å². The van der Waals surface area contributed by atoms with Gasteiger partial charge >= 0.3 is 0 Å². The number of anilines is 2. The number of para-hydroxylation sites is 1. The summed E-state index contributed by atoms with van der Waals surface area (Å²) in [5.74, 6) is 2.73. The lowest BCUT2D eigenvalue weighted by Crippen LogP contribution is -2.24. The van der Waals surface area contributed by atoms with Crippen LogP contribution in [0.5, 0.6) is 5.75 Å². The molecule has 0 spiro atoms. The van der Waals surface area contributed by atoms with Crippen molar-refractivity contribution in [3.63, 3.8) is 0 Å². The number of nitrogens with one attached hydrogen (secondary N) is 1. The summed E-state index contributed by atoms with van der Waals surface area (Å²) in [4.78, 5) is 0. The van der Waals surface area contributed by atoms with Gasteiger partial charge in [0.2, 0.25) is 0 Å². The number of hydrogen-bond donors (Lipinski definition) is 2. The molecule has 0 aliphatic heterocycles. The third-order valence-corrected chi connectivity index (χ3v) is 3.77. The van der Waals surface area contributed by atoms with E-state index in [-0.39, 0.29) is 0 Å². The van der Waals surface area contributed by atoms with Gasteiger partial charge in [-0.1, -0.05) is 40.7 Å². The van der Waals surface area contributed by atoms with E-state index >= 15 is 0 Å². The molecule has 0 saturated carbocycles. The molecule has 114 valence electrons. The van der Waals surface area contributed by atoms with Crippen molar-refractivity contribution in [2.24, 2.45) is 17.8 Å². The predicted molar refractivity (Wildman–Crippen MR) is 88.3 cm³/mol. The van der Waals surface area contributed by atoms with E-state index in [9.17, 15) is 0 Å². The highest BCUT2D eigenvalue weighted by Crippen LogP contribution is 2.30. The van der Waals surface area contributed by atoms with E-state index in [1.165, 1.54) is 0 Å². The molecule has 0 amide bonds. The summed E-state index contributed by atoms with van der Waals surface area (Å²) in [6.45, 7) is 12.8. The Hall–Kier alpha value is -1.38. The second-order valence-electron chi connectivity index (χ2n) is 6.10. The van der Waals surface area contributed by atoms with E-state index in [1.807, 2.05) is 18.2 Å². The maximum atomic E-state index is 6.18. The zero-order valence-electron chi connectivity index (χ0n) is 13.6. The standard InChI is InChI=1S/C17H30N2O/c1-6-10-20-16-9-7-8-15(17(16)18)19-11-14(12(2)3)13(4)5/h7-9,12-14,19H,6,10-11,18H2,1-5H3. The van der Waals surface area contributed by atoms with Crippen molar-refractivity contribution in [2.75, 3.05) is 24.2 Å². The van der Waals surface area contributed by atoms with Crippen LogP contribution in [0, 0.1) is 17.8 Å². The van der Waals surface area contributed by atoms with Gasteiger partial charge in [-0.3, -0.25) is 0 Å². The third kappa shape index (κ3) is 4.62. The zero-order valence-corrected chi connectivity index (χ0v) is 13.6. The van der Waals surface area contributed by atoms with Crippen LogP contribution in [0.15, 0.2) is 18.2 Å². The molecule has 0 aliphatic carbocycles. The summed E-state index contributed by atoms with van der Waals surface area (Å²) >= 11 is 0. The van der Waals surface area contributed by atoms with Gasteiger partial charge in [-0.05, 0) is 36.3 Å². The number of ether oxygens (including phenoxy) is 1. The van der Waals surface area contributed by atoms with Gasteiger partial charge in [0.05, 0.1) is 18.0 Å². The third-order valence-electron chi connectivity index (χ3n) is 3.77. The molecule has 1 aromatic carbocycles. The lowest BCUT2D eigenvalue weighted by atomic mass is 9.85. The molecule has 0 heterocycles. The van der Waals surface area contributed by atoms with Crippen molar-refractivity contribution < 1.29 is 4.74 Å². The molecule has 0 aliphatic rings. The maximum absolute atomic E-state index is 6.18. The Bertz CT molecular complexity index is 394. The van der Waals surface area contributed by atoms with Crippen molar-refractivity contribution in [1.82, 2.24) is 0 Å². The number of hydrogen-bond acceptors (Lipinski definition) is 3. The number of rotatable bonds is 8. The van der Waals surface area contributed by atoms with E-state index in [4.69, 9.17) is 10.5 Å². The van der Waals surface area contributed by atoms with Crippen LogP contribution in [0.1, 0.15) is 41.0 Å². The van der Waals surface area contributed by atoms with Gasteiger partial charge in [-0.2, -0.15) is 0 Å². The molecule has 3 nitrogen and oxygen atoms in total. The first kappa shape index (κ1) is 16.7. The largest absolute Gasteiger partial charge is 0.491 e. The fourth-order valence-corrected chi connectivity index (χ4v) is 2.51. The summed E-state index contributed by atoms with van der Waals surface area (Å²) in [5, 5.41) is 3.49. The van der Waals surface area contributed by atoms with Crippen LogP contribution in [0.2, 0.25) is 0 Å². The highest BCUT2D eigenvalue weighted by Gasteiger charge is 2.17. The molecule has 0 unspecified atom stereocenters. The molecule has 0 saturated heterocycles. The van der Waals surface area contributed by atoms with Crippen molar-refractivity contribution in [2.45, 2.75) is 41.0 Å². The highest BCUT2D eigenvalue weighted by atomic mass is 16.5. The van der Waals surface area contributed by atoms with E-state index in [1.54, 1.807) is 0 Å². The van der Waals surface area contributed by atoms with Gasteiger partial charge in [0.25, 0.3) is 0 Å². The van der Waals surface area contributed by atoms with E-state index < -0.39 is 0 Å². The molecule has 3 heteroatoms. The minimum absolute atomic E-state index is 0.634. The Morgan fingerprint density at radius 2 is 1.80 bits per heavy atom. The van der Waals surface area contributed by atoms with Crippen molar-refractivity contribution >= 4 is 11.4 Å². The molecule has 1 rings (SSSR count). The maximum Gasteiger partial charge on any atom is 0.144 e. The predicted octanol–water partition coefficient (Wildman–Crippen LogP) is 4.40. The van der Waals surface area contributed by atoms with Crippen molar-refractivity contribution in [3.05, 3.63) is 18.2 Å². The Kier molecular flexibility index (Phi) is 6.69. The second-order valence-corrected chi connectivity index (χ2v) is 6.10. The smallest absolute Gasteiger partial charge is 0.144 e. The topological polar surface area (TPSA) is 47.3 Å². The van der Waals surface area contributed by atoms with E-state index in [0.717, 1.165) is 24.4 Å². The lowest BCUT2D eigenvalue weighted by Gasteiger charge is -2.26. The fourth-order valence-electron chi connectivity index (χ4n) is 2.51. The molecule has 0 fully saturated rings. The first-order valence-electron chi connectivity index (χ1n) is 7.72. The van der Waals surface area contributed by atoms with Crippen molar-refractivity contribution in [1.29, 1.82) is 0 Å². The lowest BCUT2D eigenvalue weighted by molar-refractivity contribution is 0.304. The molecule has 0 radical (unpaired) electrons. The summed E-state index contributed by atoms with van der Waals surface area (Å²) in [6.07, 6.45) is 0.986. The van der Waals surface area contributed by atoms with Gasteiger partial charge < -0.3 is 15.8 Å². The van der Waals surface area contributed by atoms with Crippen molar-refractivity contribution in [3.8, 4) is 5.75 Å². The van der Waals surface area contributed by atoms with Crippen LogP contribution in [0.3, 0.4) is 0 Å². The van der Waals surface area contributed by atoms with Gasteiger partial charge in [0, 0.05) is 6.54 Å². The average Bonchev–Trinajstić information content (AvgIpc) is 2.38. The first-order valence-corrected chi connectivity index (χ1v) is 7.72. The minimum atomic E-state index is 0.634. The second kappa shape index (κ2) is 8.03. The van der Waals surface area contributed by atoms with Gasteiger partial charge in [0.15, 0.2) is 0 Å². The van der Waals surface area contributed by atoms with Gasteiger partial charge in [0.1, 0.15) is 5.75 Å². The summed E-state index contributed by atoms with van der Waals surface area (Å²) in [5.41, 5.74) is 7.87. The molecular weight excluding hydrogens is 248 g/mol. The fraction of sp³-hybridized carbons (Fsp3) is 0.647. The summed E-state index contributed by atoms with van der Waals surface area (Å²) in [7, 11) is 0. The summed E-state index contributed by atoms with van der Waals surface area (Å²) in [6, 6.07) is 5.94. The van der Waals surface area contributed by atoms with Crippen LogP contribution in [0.25, 0.3) is 0 Å². The molecule has 20 heavy (non-hydrogen) atoms. The SMILES string of the molecule is CCCOc1cccc(NCC(C(C)C)C(C)C)c1N. The van der Waals surface area contributed by atoms with Gasteiger partial charge in [-0.15, -0.1) is 0 Å². The Labute approximate surface area is 123 Å². The zero-order chi connectivity index (χ0) is 15.1. The number of benzene rings is 1. The minimum Gasteiger partial charge on any atom is -0.491 e. The Morgan fingerprint density at radius 1 is 1.15 bits per heavy atom. The molecule has 0 aromatic heterocycles. The van der Waals surface area contributed by atoms with Crippen LogP contribution in [-0.4, -0.2) is 13.2 Å². The van der Waals surface area contributed by atoms with Crippen LogP contribution < -0.4 is 15.8 Å². The quantitative estimate of drug-likeness (QED) is 0.693. The van der Waals surface area contributed by atoms with Crippen LogP contribution >= 0.6 is 0 Å². The first-order chi connectivity index (χ1) is 9.47. The summed E-state index contributed by atoms with van der Waals surface area (Å²) < 4.78 is 5.66. The van der Waals surface area contributed by atoms with Crippen LogP contribution in [0.4, 0.5) is 11.4 Å². The number of nitrogens with two attached hydrogens (primary N) is 1. The average molecular weight is 278 g/mol. The molecule has 3 N–H and O–H groups in total. The van der Waals surface area contributed by atoms with Crippen LogP contribution in [-0.2, 0) is 0 Å². The van der Waals surface area contributed by atoms with E-state index in [0.29, 0.717) is 30.0 Å². The Balaban J connectivity index is 2.72. The Morgan fingerprint density at radius 3 is 2.35 bits per heavy atom.